The number of piperazine rings is 1. The third-order valence-electron chi connectivity index (χ3n) is 3.88. The lowest BCUT2D eigenvalue weighted by Gasteiger charge is -2.35. The Morgan fingerprint density at radius 3 is 2.89 bits per heavy atom. The van der Waals surface area contributed by atoms with Gasteiger partial charge in [0, 0.05) is 26.2 Å². The molecule has 0 amide bonds. The van der Waals surface area contributed by atoms with Crippen molar-refractivity contribution < 1.29 is 4.52 Å². The maximum Gasteiger partial charge on any atom is 0.231 e. The van der Waals surface area contributed by atoms with Gasteiger partial charge in [0.15, 0.2) is 5.82 Å². The lowest BCUT2D eigenvalue weighted by atomic mass is 10.0. The second-order valence-corrected chi connectivity index (χ2v) is 5.47. The van der Waals surface area contributed by atoms with Gasteiger partial charge < -0.3 is 15.2 Å². The van der Waals surface area contributed by atoms with Crippen molar-refractivity contribution in [1.82, 2.24) is 19.9 Å². The molecule has 1 fully saturated rings. The quantitative estimate of drug-likeness (QED) is 0.852. The molecule has 1 aromatic rings. The van der Waals surface area contributed by atoms with Crippen molar-refractivity contribution >= 4 is 0 Å². The first-order chi connectivity index (χ1) is 9.15. The second kappa shape index (κ2) is 6.45. The van der Waals surface area contributed by atoms with Crippen LogP contribution in [0.3, 0.4) is 0 Å². The first-order valence-corrected chi connectivity index (χ1v) is 7.08. The predicted octanol–water partition coefficient (Wildman–Crippen LogP) is 0.830. The lowest BCUT2D eigenvalue weighted by Crippen LogP contribution is -2.45. The van der Waals surface area contributed by atoms with Crippen LogP contribution in [-0.2, 0) is 0 Å². The molecule has 0 aliphatic carbocycles. The molecule has 2 heterocycles. The Hall–Kier alpha value is -0.980. The monoisotopic (exact) mass is 267 g/mol. The normalized spacial score (nSPS) is 23.7. The molecule has 1 aliphatic heterocycles. The highest BCUT2D eigenvalue weighted by molar-refractivity contribution is 5.01. The van der Waals surface area contributed by atoms with E-state index in [9.17, 15) is 0 Å². The summed E-state index contributed by atoms with van der Waals surface area (Å²) in [5.41, 5.74) is 5.78. The predicted molar refractivity (Wildman–Crippen MR) is 73.9 cm³/mol. The van der Waals surface area contributed by atoms with E-state index in [1.54, 1.807) is 0 Å². The number of hydrogen-bond acceptors (Lipinski definition) is 6. The molecule has 0 spiro atoms. The summed E-state index contributed by atoms with van der Waals surface area (Å²) in [4.78, 5) is 9.16. The standard InChI is InChI=1S/C13H25N5O/c1-4-5-10(8-14)13-15-12(16-19-13)11-9-17(2)6-7-18(11)3/h10-11H,4-9,14H2,1-3H3. The number of nitrogens with two attached hydrogens (primary N) is 1. The van der Waals surface area contributed by atoms with Crippen LogP contribution in [0.1, 0.15) is 43.4 Å². The van der Waals surface area contributed by atoms with Crippen molar-refractivity contribution in [3.8, 4) is 0 Å². The summed E-state index contributed by atoms with van der Waals surface area (Å²) in [6.07, 6.45) is 2.07. The van der Waals surface area contributed by atoms with Crippen LogP contribution < -0.4 is 5.73 Å². The van der Waals surface area contributed by atoms with E-state index < -0.39 is 0 Å². The molecule has 0 aromatic carbocycles. The Bertz CT molecular complexity index is 394. The fourth-order valence-electron chi connectivity index (χ4n) is 2.53. The number of rotatable bonds is 5. The van der Waals surface area contributed by atoms with Gasteiger partial charge in [-0.25, -0.2) is 0 Å². The van der Waals surface area contributed by atoms with Gasteiger partial charge in [-0.2, -0.15) is 4.98 Å². The highest BCUT2D eigenvalue weighted by atomic mass is 16.5. The summed E-state index contributed by atoms with van der Waals surface area (Å²) < 4.78 is 5.42. The Labute approximate surface area is 114 Å². The van der Waals surface area contributed by atoms with E-state index in [1.807, 2.05) is 0 Å². The molecule has 108 valence electrons. The average Bonchev–Trinajstić information content (AvgIpc) is 2.88. The van der Waals surface area contributed by atoms with Crippen LogP contribution in [0, 0.1) is 0 Å². The average molecular weight is 267 g/mol. The molecule has 0 radical (unpaired) electrons. The SMILES string of the molecule is CCCC(CN)c1nc(C2CN(C)CCN2C)no1. The van der Waals surface area contributed by atoms with Crippen LogP contribution in [0.5, 0.6) is 0 Å². The van der Waals surface area contributed by atoms with E-state index in [4.69, 9.17) is 10.3 Å². The van der Waals surface area contributed by atoms with E-state index >= 15 is 0 Å². The fraction of sp³-hybridized carbons (Fsp3) is 0.846. The molecule has 6 heteroatoms. The van der Waals surface area contributed by atoms with Crippen molar-refractivity contribution in [2.24, 2.45) is 5.73 Å². The van der Waals surface area contributed by atoms with Gasteiger partial charge >= 0.3 is 0 Å². The van der Waals surface area contributed by atoms with Crippen molar-refractivity contribution in [2.45, 2.75) is 31.7 Å². The molecular weight excluding hydrogens is 242 g/mol. The molecule has 2 unspecified atom stereocenters. The van der Waals surface area contributed by atoms with Crippen molar-refractivity contribution in [2.75, 3.05) is 40.3 Å². The van der Waals surface area contributed by atoms with E-state index in [-0.39, 0.29) is 12.0 Å². The first kappa shape index (κ1) is 14.4. The summed E-state index contributed by atoms with van der Waals surface area (Å²) in [7, 11) is 4.24. The number of nitrogens with zero attached hydrogens (tertiary/aromatic N) is 4. The summed E-state index contributed by atoms with van der Waals surface area (Å²) in [5, 5.41) is 4.17. The molecule has 2 atom stereocenters. The van der Waals surface area contributed by atoms with Gasteiger partial charge in [-0.15, -0.1) is 0 Å². The molecule has 1 aliphatic rings. The van der Waals surface area contributed by atoms with Gasteiger partial charge in [0.05, 0.1) is 12.0 Å². The third-order valence-corrected chi connectivity index (χ3v) is 3.88. The van der Waals surface area contributed by atoms with Gasteiger partial charge in [0.2, 0.25) is 5.89 Å². The van der Waals surface area contributed by atoms with Gasteiger partial charge in [-0.3, -0.25) is 4.90 Å². The smallest absolute Gasteiger partial charge is 0.231 e. The van der Waals surface area contributed by atoms with Crippen LogP contribution >= 0.6 is 0 Å². The zero-order valence-corrected chi connectivity index (χ0v) is 12.2. The highest BCUT2D eigenvalue weighted by Crippen LogP contribution is 2.24. The molecule has 1 saturated heterocycles. The Balaban J connectivity index is 2.11. The van der Waals surface area contributed by atoms with Crippen molar-refractivity contribution in [3.63, 3.8) is 0 Å². The molecule has 6 nitrogen and oxygen atoms in total. The molecule has 19 heavy (non-hydrogen) atoms. The molecule has 0 bridgehead atoms. The highest BCUT2D eigenvalue weighted by Gasteiger charge is 2.28. The minimum Gasteiger partial charge on any atom is -0.339 e. The maximum atomic E-state index is 5.78. The minimum absolute atomic E-state index is 0.192. The van der Waals surface area contributed by atoms with E-state index in [0.29, 0.717) is 12.4 Å². The minimum atomic E-state index is 0.192. The van der Waals surface area contributed by atoms with E-state index in [0.717, 1.165) is 38.3 Å². The van der Waals surface area contributed by atoms with E-state index in [2.05, 4.69) is 41.0 Å². The molecule has 2 rings (SSSR count). The van der Waals surface area contributed by atoms with Crippen LogP contribution in [0.4, 0.5) is 0 Å². The lowest BCUT2D eigenvalue weighted by molar-refractivity contribution is 0.108. The Morgan fingerprint density at radius 2 is 2.21 bits per heavy atom. The zero-order chi connectivity index (χ0) is 13.8. The number of hydrogen-bond donors (Lipinski definition) is 1. The van der Waals surface area contributed by atoms with Crippen LogP contribution in [0.15, 0.2) is 4.52 Å². The van der Waals surface area contributed by atoms with Crippen LogP contribution in [-0.4, -0.2) is 60.2 Å². The topological polar surface area (TPSA) is 71.4 Å². The Morgan fingerprint density at radius 1 is 1.42 bits per heavy atom. The van der Waals surface area contributed by atoms with Crippen LogP contribution in [0.25, 0.3) is 0 Å². The third kappa shape index (κ3) is 3.32. The van der Waals surface area contributed by atoms with Crippen molar-refractivity contribution in [1.29, 1.82) is 0 Å². The first-order valence-electron chi connectivity index (χ1n) is 7.08. The van der Waals surface area contributed by atoms with Crippen LogP contribution in [0.2, 0.25) is 0 Å². The maximum absolute atomic E-state index is 5.78. The fourth-order valence-corrected chi connectivity index (χ4v) is 2.53. The van der Waals surface area contributed by atoms with Gasteiger partial charge in [0.1, 0.15) is 0 Å². The largest absolute Gasteiger partial charge is 0.339 e. The molecule has 1 aromatic heterocycles. The van der Waals surface area contributed by atoms with Gasteiger partial charge in [-0.1, -0.05) is 18.5 Å². The van der Waals surface area contributed by atoms with Gasteiger partial charge in [0.25, 0.3) is 0 Å². The van der Waals surface area contributed by atoms with Gasteiger partial charge in [-0.05, 0) is 20.5 Å². The summed E-state index contributed by atoms with van der Waals surface area (Å²) in [6, 6.07) is 0.219. The zero-order valence-electron chi connectivity index (χ0n) is 12.2. The summed E-state index contributed by atoms with van der Waals surface area (Å²) in [5.74, 6) is 1.68. The Kier molecular flexibility index (Phi) is 4.90. The molecule has 2 N–H and O–H groups in total. The van der Waals surface area contributed by atoms with E-state index in [1.165, 1.54) is 0 Å². The second-order valence-electron chi connectivity index (χ2n) is 5.47. The molecule has 0 saturated carbocycles. The molecular formula is C13H25N5O. The van der Waals surface area contributed by atoms with Crippen molar-refractivity contribution in [3.05, 3.63) is 11.7 Å². The summed E-state index contributed by atoms with van der Waals surface area (Å²) >= 11 is 0. The number of aromatic nitrogens is 2. The number of likely N-dealkylation sites (N-methyl/N-ethyl adjacent to an activating group) is 2. The summed E-state index contributed by atoms with van der Waals surface area (Å²) in [6.45, 7) is 5.76.